The Hall–Kier alpha value is -2.18. The van der Waals surface area contributed by atoms with Crippen LogP contribution in [-0.4, -0.2) is 52.6 Å². The number of aromatic nitrogens is 2. The summed E-state index contributed by atoms with van der Waals surface area (Å²) in [6, 6.07) is 9.89. The number of nitrogens with zero attached hydrogens (tertiary/aromatic N) is 3. The molecule has 2 aromatic rings. The zero-order valence-electron chi connectivity index (χ0n) is 13.6. The summed E-state index contributed by atoms with van der Waals surface area (Å²) in [5.41, 5.74) is 1.88. The van der Waals surface area contributed by atoms with Crippen molar-refractivity contribution in [1.82, 2.24) is 14.9 Å². The highest BCUT2D eigenvalue weighted by Gasteiger charge is 2.42. The number of hydrogen-bond acceptors (Lipinski definition) is 4. The maximum absolute atomic E-state index is 12.3. The summed E-state index contributed by atoms with van der Waals surface area (Å²) in [6.07, 6.45) is 5.47. The summed E-state index contributed by atoms with van der Waals surface area (Å²) in [7, 11) is 0. The Morgan fingerprint density at radius 2 is 2.00 bits per heavy atom. The molecule has 0 bridgehead atoms. The first-order valence-electron chi connectivity index (χ1n) is 8.43. The molecule has 0 unspecified atom stereocenters. The number of carbonyl (C=O) groups excluding carboxylic acids is 1. The Balaban J connectivity index is 1.42. The molecule has 1 N–H and O–H groups in total. The minimum atomic E-state index is -0.214. The average Bonchev–Trinajstić information content (AvgIpc) is 3.13. The Bertz CT molecular complexity index is 678. The van der Waals surface area contributed by atoms with E-state index in [1.807, 2.05) is 41.4 Å². The molecule has 0 aliphatic carbocycles. The molecule has 1 amide bonds. The maximum Gasteiger partial charge on any atom is 0.253 e. The third-order valence-corrected chi connectivity index (χ3v) is 5.03. The molecular formula is C18H22N4O2. The summed E-state index contributed by atoms with van der Waals surface area (Å²) in [4.78, 5) is 23.8. The summed E-state index contributed by atoms with van der Waals surface area (Å²) in [5, 5.41) is 0. The zero-order chi connectivity index (χ0) is 16.4. The van der Waals surface area contributed by atoms with Gasteiger partial charge in [-0.15, -0.1) is 0 Å². The first-order valence-corrected chi connectivity index (χ1v) is 8.43. The van der Waals surface area contributed by atoms with Crippen LogP contribution < -0.4 is 4.90 Å². The molecule has 1 aromatic heterocycles. The number of morpholine rings is 1. The van der Waals surface area contributed by atoms with Crippen molar-refractivity contribution in [2.45, 2.75) is 25.0 Å². The number of anilines is 1. The van der Waals surface area contributed by atoms with Crippen molar-refractivity contribution in [3.63, 3.8) is 0 Å². The summed E-state index contributed by atoms with van der Waals surface area (Å²) < 4.78 is 6.02. The van der Waals surface area contributed by atoms with Gasteiger partial charge in [0.2, 0.25) is 0 Å². The van der Waals surface area contributed by atoms with E-state index >= 15 is 0 Å². The number of aromatic amines is 1. The smallest absolute Gasteiger partial charge is 0.253 e. The molecule has 2 fully saturated rings. The van der Waals surface area contributed by atoms with Gasteiger partial charge in [-0.3, -0.25) is 9.69 Å². The lowest BCUT2D eigenvalue weighted by Gasteiger charge is -2.47. The van der Waals surface area contributed by atoms with E-state index in [1.165, 1.54) is 0 Å². The van der Waals surface area contributed by atoms with Crippen molar-refractivity contribution >= 4 is 11.6 Å². The summed E-state index contributed by atoms with van der Waals surface area (Å²) in [6.45, 7) is 3.65. The predicted molar refractivity (Wildman–Crippen MR) is 90.6 cm³/mol. The SMILES string of the molecule is O=C1COC2(CCN(Cc3cnc[nH]3)CC2)CN1c1ccccc1. The quantitative estimate of drug-likeness (QED) is 0.934. The van der Waals surface area contributed by atoms with Crippen LogP contribution in [0.5, 0.6) is 0 Å². The van der Waals surface area contributed by atoms with Gasteiger partial charge in [-0.25, -0.2) is 4.98 Å². The molecule has 1 aromatic carbocycles. The molecule has 4 rings (SSSR count). The molecular weight excluding hydrogens is 304 g/mol. The molecule has 2 aliphatic heterocycles. The van der Waals surface area contributed by atoms with Crippen molar-refractivity contribution in [3.05, 3.63) is 48.5 Å². The van der Waals surface area contributed by atoms with Gasteiger partial charge in [0.15, 0.2) is 0 Å². The normalized spacial score (nSPS) is 21.3. The standard InChI is InChI=1S/C18H22N4O2/c23-17-12-24-18(13-22(17)16-4-2-1-3-5-16)6-8-21(9-7-18)11-15-10-19-14-20-15/h1-5,10,14H,6-9,11-13H2,(H,19,20). The molecule has 0 saturated carbocycles. The van der Waals surface area contributed by atoms with E-state index in [0.717, 1.165) is 43.9 Å². The number of nitrogens with one attached hydrogen (secondary N) is 1. The van der Waals surface area contributed by atoms with Crippen LogP contribution in [0.25, 0.3) is 0 Å². The number of likely N-dealkylation sites (tertiary alicyclic amines) is 1. The lowest BCUT2D eigenvalue weighted by atomic mass is 9.89. The largest absolute Gasteiger partial charge is 0.363 e. The number of benzene rings is 1. The van der Waals surface area contributed by atoms with Crippen LogP contribution >= 0.6 is 0 Å². The number of carbonyl (C=O) groups is 1. The second kappa shape index (κ2) is 6.37. The fraction of sp³-hybridized carbons (Fsp3) is 0.444. The van der Waals surface area contributed by atoms with E-state index in [4.69, 9.17) is 4.74 Å². The van der Waals surface area contributed by atoms with Gasteiger partial charge in [0.05, 0.1) is 18.5 Å². The molecule has 2 saturated heterocycles. The first-order chi connectivity index (χ1) is 11.7. The minimum absolute atomic E-state index is 0.0479. The highest BCUT2D eigenvalue weighted by atomic mass is 16.5. The molecule has 1 spiro atoms. The van der Waals surface area contributed by atoms with Gasteiger partial charge in [-0.1, -0.05) is 18.2 Å². The third-order valence-electron chi connectivity index (χ3n) is 5.03. The third kappa shape index (κ3) is 3.07. The highest BCUT2D eigenvalue weighted by Crippen LogP contribution is 2.33. The zero-order valence-corrected chi connectivity index (χ0v) is 13.6. The van der Waals surface area contributed by atoms with Gasteiger partial charge >= 0.3 is 0 Å². The van der Waals surface area contributed by atoms with Gasteiger partial charge < -0.3 is 14.6 Å². The van der Waals surface area contributed by atoms with Crippen LogP contribution in [0, 0.1) is 0 Å². The number of H-pyrrole nitrogens is 1. The molecule has 0 atom stereocenters. The minimum Gasteiger partial charge on any atom is -0.363 e. The van der Waals surface area contributed by atoms with Gasteiger partial charge in [0.25, 0.3) is 5.91 Å². The monoisotopic (exact) mass is 326 g/mol. The lowest BCUT2D eigenvalue weighted by Crippen LogP contribution is -2.58. The topological polar surface area (TPSA) is 61.5 Å². The molecule has 126 valence electrons. The van der Waals surface area contributed by atoms with Crippen LogP contribution in [0.2, 0.25) is 0 Å². The summed E-state index contributed by atoms with van der Waals surface area (Å²) in [5.74, 6) is 0.0479. The second-order valence-corrected chi connectivity index (χ2v) is 6.64. The van der Waals surface area contributed by atoms with Gasteiger partial charge in [-0.2, -0.15) is 0 Å². The van der Waals surface area contributed by atoms with Gasteiger partial charge in [0.1, 0.15) is 6.61 Å². The number of imidazole rings is 1. The van der Waals surface area contributed by atoms with Crippen molar-refractivity contribution in [2.24, 2.45) is 0 Å². The maximum atomic E-state index is 12.3. The predicted octanol–water partition coefficient (Wildman–Crippen LogP) is 1.81. The number of rotatable bonds is 3. The van der Waals surface area contributed by atoms with Crippen LogP contribution in [-0.2, 0) is 16.1 Å². The van der Waals surface area contributed by atoms with Crippen molar-refractivity contribution < 1.29 is 9.53 Å². The Kier molecular flexibility index (Phi) is 4.08. The van der Waals surface area contributed by atoms with E-state index in [0.29, 0.717) is 6.54 Å². The van der Waals surface area contributed by atoms with Crippen LogP contribution in [0.3, 0.4) is 0 Å². The molecule has 2 aliphatic rings. The Labute approximate surface area is 141 Å². The van der Waals surface area contributed by atoms with Crippen LogP contribution in [0.1, 0.15) is 18.5 Å². The van der Waals surface area contributed by atoms with E-state index in [2.05, 4.69) is 14.9 Å². The van der Waals surface area contributed by atoms with Gasteiger partial charge in [0, 0.05) is 37.2 Å². The molecule has 24 heavy (non-hydrogen) atoms. The van der Waals surface area contributed by atoms with Crippen LogP contribution in [0.4, 0.5) is 5.69 Å². The fourth-order valence-corrected chi connectivity index (χ4v) is 3.59. The van der Waals surface area contributed by atoms with E-state index in [9.17, 15) is 4.79 Å². The Morgan fingerprint density at radius 1 is 1.21 bits per heavy atom. The number of para-hydroxylation sites is 1. The van der Waals surface area contributed by atoms with E-state index < -0.39 is 0 Å². The molecule has 6 heteroatoms. The fourth-order valence-electron chi connectivity index (χ4n) is 3.59. The van der Waals surface area contributed by atoms with Gasteiger partial charge in [-0.05, 0) is 25.0 Å². The van der Waals surface area contributed by atoms with Crippen molar-refractivity contribution in [2.75, 3.05) is 31.1 Å². The van der Waals surface area contributed by atoms with E-state index in [-0.39, 0.29) is 18.1 Å². The second-order valence-electron chi connectivity index (χ2n) is 6.64. The van der Waals surface area contributed by atoms with E-state index in [1.54, 1.807) is 6.33 Å². The molecule has 6 nitrogen and oxygen atoms in total. The van der Waals surface area contributed by atoms with Crippen molar-refractivity contribution in [1.29, 1.82) is 0 Å². The van der Waals surface area contributed by atoms with Crippen LogP contribution in [0.15, 0.2) is 42.9 Å². The number of piperidine rings is 1. The summed E-state index contributed by atoms with van der Waals surface area (Å²) >= 11 is 0. The first kappa shape index (κ1) is 15.4. The average molecular weight is 326 g/mol. The van der Waals surface area contributed by atoms with Crippen molar-refractivity contribution in [3.8, 4) is 0 Å². The number of amides is 1. The Morgan fingerprint density at radius 3 is 2.71 bits per heavy atom. The number of hydrogen-bond donors (Lipinski definition) is 1. The molecule has 0 radical (unpaired) electrons. The molecule has 3 heterocycles. The lowest BCUT2D eigenvalue weighted by molar-refractivity contribution is -0.145. The number of ether oxygens (including phenoxy) is 1. The highest BCUT2D eigenvalue weighted by molar-refractivity contribution is 5.95.